The molecule has 0 bridgehead atoms. The second-order valence-electron chi connectivity index (χ2n) is 7.64. The van der Waals surface area contributed by atoms with Crippen LogP contribution in [-0.2, 0) is 22.4 Å². The highest BCUT2D eigenvalue weighted by molar-refractivity contribution is 5.72. The lowest BCUT2D eigenvalue weighted by Crippen LogP contribution is -2.17. The SMILES string of the molecule is COC(=O)C(CCCc1ccccc1)CCc1ccc(-c2ccc(F)c(C#N)c2)cc1. The third-order valence-electron chi connectivity index (χ3n) is 5.55. The van der Waals surface area contributed by atoms with E-state index in [4.69, 9.17) is 10.00 Å². The molecule has 3 aromatic carbocycles. The molecule has 0 heterocycles. The Labute approximate surface area is 183 Å². The molecular weight excluding hydrogens is 389 g/mol. The van der Waals surface area contributed by atoms with E-state index in [0.29, 0.717) is 0 Å². The van der Waals surface area contributed by atoms with Gasteiger partial charge in [0.1, 0.15) is 11.9 Å². The summed E-state index contributed by atoms with van der Waals surface area (Å²) in [5, 5.41) is 9.02. The summed E-state index contributed by atoms with van der Waals surface area (Å²) in [5.41, 5.74) is 4.17. The number of rotatable bonds is 9. The van der Waals surface area contributed by atoms with Crippen LogP contribution in [0.5, 0.6) is 0 Å². The number of carbonyl (C=O) groups excluding carboxylic acids is 1. The van der Waals surface area contributed by atoms with E-state index in [-0.39, 0.29) is 17.5 Å². The summed E-state index contributed by atoms with van der Waals surface area (Å²) >= 11 is 0. The highest BCUT2D eigenvalue weighted by atomic mass is 19.1. The third-order valence-corrected chi connectivity index (χ3v) is 5.55. The number of methoxy groups -OCH3 is 1. The smallest absolute Gasteiger partial charge is 0.308 e. The van der Waals surface area contributed by atoms with Gasteiger partial charge in [0.15, 0.2) is 0 Å². The molecular formula is C27H26FNO2. The Balaban J connectivity index is 1.58. The fraction of sp³-hybridized carbons (Fsp3) is 0.259. The molecule has 3 rings (SSSR count). The molecule has 1 unspecified atom stereocenters. The summed E-state index contributed by atoms with van der Waals surface area (Å²) < 4.78 is 18.6. The quantitative estimate of drug-likeness (QED) is 0.396. The van der Waals surface area contributed by atoms with Gasteiger partial charge in [0.25, 0.3) is 0 Å². The Bertz CT molecular complexity index is 1040. The van der Waals surface area contributed by atoms with Gasteiger partial charge in [-0.1, -0.05) is 60.7 Å². The van der Waals surface area contributed by atoms with Crippen molar-refractivity contribution in [3.8, 4) is 17.2 Å². The largest absolute Gasteiger partial charge is 0.469 e. The molecule has 1 atom stereocenters. The second-order valence-corrected chi connectivity index (χ2v) is 7.64. The highest BCUT2D eigenvalue weighted by Gasteiger charge is 2.18. The molecule has 0 aliphatic heterocycles. The number of ether oxygens (including phenoxy) is 1. The van der Waals surface area contributed by atoms with Crippen LogP contribution in [0.4, 0.5) is 4.39 Å². The lowest BCUT2D eigenvalue weighted by Gasteiger charge is -2.15. The minimum Gasteiger partial charge on any atom is -0.469 e. The van der Waals surface area contributed by atoms with Crippen LogP contribution in [0.2, 0.25) is 0 Å². The van der Waals surface area contributed by atoms with Crippen molar-refractivity contribution in [1.82, 2.24) is 0 Å². The zero-order valence-corrected chi connectivity index (χ0v) is 17.7. The van der Waals surface area contributed by atoms with Crippen molar-refractivity contribution in [2.75, 3.05) is 7.11 Å². The molecule has 0 saturated heterocycles. The van der Waals surface area contributed by atoms with Crippen molar-refractivity contribution in [2.45, 2.75) is 32.1 Å². The Morgan fingerprint density at radius 2 is 1.61 bits per heavy atom. The molecule has 0 radical (unpaired) electrons. The van der Waals surface area contributed by atoms with Crippen LogP contribution >= 0.6 is 0 Å². The van der Waals surface area contributed by atoms with E-state index in [9.17, 15) is 9.18 Å². The first-order valence-corrected chi connectivity index (χ1v) is 10.5. The van der Waals surface area contributed by atoms with Gasteiger partial charge in [0, 0.05) is 0 Å². The Morgan fingerprint density at radius 3 is 2.29 bits per heavy atom. The lowest BCUT2D eigenvalue weighted by atomic mass is 9.92. The van der Waals surface area contributed by atoms with Crippen molar-refractivity contribution in [2.24, 2.45) is 5.92 Å². The maximum absolute atomic E-state index is 13.5. The molecule has 0 amide bonds. The number of aryl methyl sites for hydroxylation is 2. The van der Waals surface area contributed by atoms with Crippen LogP contribution in [0, 0.1) is 23.1 Å². The van der Waals surface area contributed by atoms with Gasteiger partial charge in [-0.2, -0.15) is 5.26 Å². The van der Waals surface area contributed by atoms with E-state index in [1.54, 1.807) is 12.1 Å². The minimum atomic E-state index is -0.510. The molecule has 0 aliphatic rings. The summed E-state index contributed by atoms with van der Waals surface area (Å²) in [6.45, 7) is 0. The van der Waals surface area contributed by atoms with E-state index in [0.717, 1.165) is 48.8 Å². The molecule has 0 fully saturated rings. The number of nitriles is 1. The molecule has 3 aromatic rings. The first kappa shape index (κ1) is 22.2. The van der Waals surface area contributed by atoms with Gasteiger partial charge in [0.05, 0.1) is 18.6 Å². The summed E-state index contributed by atoms with van der Waals surface area (Å²) in [6.07, 6.45) is 4.19. The zero-order chi connectivity index (χ0) is 22.1. The number of carbonyl (C=O) groups is 1. The topological polar surface area (TPSA) is 50.1 Å². The highest BCUT2D eigenvalue weighted by Crippen LogP contribution is 2.24. The number of halogens is 1. The molecule has 0 aromatic heterocycles. The molecule has 0 N–H and O–H groups in total. The average molecular weight is 416 g/mol. The maximum atomic E-state index is 13.5. The summed E-state index contributed by atoms with van der Waals surface area (Å²) in [6, 6.07) is 24.7. The van der Waals surface area contributed by atoms with E-state index >= 15 is 0 Å². The summed E-state index contributed by atoms with van der Waals surface area (Å²) in [4.78, 5) is 12.2. The average Bonchev–Trinajstić information content (AvgIpc) is 2.82. The molecule has 31 heavy (non-hydrogen) atoms. The first-order chi connectivity index (χ1) is 15.1. The number of nitrogens with zero attached hydrogens (tertiary/aromatic N) is 1. The fourth-order valence-electron chi connectivity index (χ4n) is 3.74. The van der Waals surface area contributed by atoms with E-state index in [1.807, 2.05) is 48.5 Å². The molecule has 3 nitrogen and oxygen atoms in total. The van der Waals surface area contributed by atoms with Crippen LogP contribution in [0.1, 0.15) is 36.0 Å². The predicted octanol–water partition coefficient (Wildman–Crippen LogP) is 6.11. The van der Waals surface area contributed by atoms with Gasteiger partial charge in [-0.05, 0) is 66.5 Å². The number of hydrogen-bond donors (Lipinski definition) is 0. The van der Waals surface area contributed by atoms with Crippen LogP contribution < -0.4 is 0 Å². The Kier molecular flexibility index (Phi) is 7.95. The summed E-state index contributed by atoms with van der Waals surface area (Å²) in [7, 11) is 1.44. The van der Waals surface area contributed by atoms with E-state index < -0.39 is 5.82 Å². The Morgan fingerprint density at radius 1 is 0.935 bits per heavy atom. The number of hydrogen-bond acceptors (Lipinski definition) is 3. The van der Waals surface area contributed by atoms with Crippen LogP contribution in [0.3, 0.4) is 0 Å². The monoisotopic (exact) mass is 415 g/mol. The number of benzene rings is 3. The van der Waals surface area contributed by atoms with Gasteiger partial charge in [-0.15, -0.1) is 0 Å². The second kappa shape index (κ2) is 11.1. The third kappa shape index (κ3) is 6.26. The maximum Gasteiger partial charge on any atom is 0.308 e. The Hall–Kier alpha value is -3.45. The van der Waals surface area contributed by atoms with Crippen molar-refractivity contribution in [3.63, 3.8) is 0 Å². The molecule has 4 heteroatoms. The normalized spacial score (nSPS) is 11.5. The first-order valence-electron chi connectivity index (χ1n) is 10.5. The van der Waals surface area contributed by atoms with Crippen LogP contribution in [-0.4, -0.2) is 13.1 Å². The van der Waals surface area contributed by atoms with E-state index in [2.05, 4.69) is 12.1 Å². The van der Waals surface area contributed by atoms with Crippen LogP contribution in [0.25, 0.3) is 11.1 Å². The molecule has 0 saturated carbocycles. The van der Waals surface area contributed by atoms with Gasteiger partial charge in [-0.25, -0.2) is 4.39 Å². The van der Waals surface area contributed by atoms with Crippen molar-refractivity contribution < 1.29 is 13.9 Å². The molecule has 0 aliphatic carbocycles. The minimum absolute atomic E-state index is 0.0398. The zero-order valence-electron chi connectivity index (χ0n) is 17.7. The predicted molar refractivity (Wildman–Crippen MR) is 120 cm³/mol. The van der Waals surface area contributed by atoms with Crippen LogP contribution in [0.15, 0.2) is 72.8 Å². The van der Waals surface area contributed by atoms with Crippen molar-refractivity contribution >= 4 is 5.97 Å². The summed E-state index contributed by atoms with van der Waals surface area (Å²) in [5.74, 6) is -0.785. The van der Waals surface area contributed by atoms with Crippen molar-refractivity contribution in [3.05, 3.63) is 95.3 Å². The van der Waals surface area contributed by atoms with Gasteiger partial charge in [0.2, 0.25) is 0 Å². The molecule has 158 valence electrons. The number of esters is 1. The van der Waals surface area contributed by atoms with Gasteiger partial charge in [-0.3, -0.25) is 4.79 Å². The van der Waals surface area contributed by atoms with Crippen molar-refractivity contribution in [1.29, 1.82) is 5.26 Å². The van der Waals surface area contributed by atoms with Gasteiger partial charge < -0.3 is 4.74 Å². The van der Waals surface area contributed by atoms with Gasteiger partial charge >= 0.3 is 5.97 Å². The lowest BCUT2D eigenvalue weighted by molar-refractivity contribution is -0.145. The standard InChI is InChI=1S/C27H26FNO2/c1-31-27(30)23(9-5-8-20-6-3-2-4-7-20)15-12-21-10-13-22(14-11-21)24-16-17-26(28)25(18-24)19-29/h2-4,6-7,10-11,13-14,16-18,23H,5,8-9,12,15H2,1H3. The fourth-order valence-corrected chi connectivity index (χ4v) is 3.74. The van der Waals surface area contributed by atoms with E-state index in [1.165, 1.54) is 18.7 Å². The molecule has 0 spiro atoms.